The molecule has 0 bridgehead atoms. The van der Waals surface area contributed by atoms with Crippen LogP contribution in [-0.4, -0.2) is 44.4 Å². The molecule has 0 aromatic heterocycles. The summed E-state index contributed by atoms with van der Waals surface area (Å²) < 4.78 is 29.2. The lowest BCUT2D eigenvalue weighted by Gasteiger charge is -2.32. The van der Waals surface area contributed by atoms with Gasteiger partial charge in [-0.3, -0.25) is 0 Å². The molecular formula is C15H31N3O2S. The Bertz CT molecular complexity index is 413. The van der Waals surface area contributed by atoms with Crippen LogP contribution in [0.3, 0.4) is 0 Å². The fraction of sp³-hybridized carbons (Fsp3) is 1.00. The fourth-order valence-corrected chi connectivity index (χ4v) is 4.43. The van der Waals surface area contributed by atoms with Crippen LogP contribution in [0.5, 0.6) is 0 Å². The van der Waals surface area contributed by atoms with E-state index in [4.69, 9.17) is 0 Å². The van der Waals surface area contributed by atoms with Crippen LogP contribution in [0.15, 0.2) is 0 Å². The highest BCUT2D eigenvalue weighted by Crippen LogP contribution is 2.33. The minimum atomic E-state index is -3.29. The molecule has 1 unspecified atom stereocenters. The lowest BCUT2D eigenvalue weighted by molar-refractivity contribution is 0.260. The fourth-order valence-electron chi connectivity index (χ4n) is 2.99. The van der Waals surface area contributed by atoms with E-state index in [1.54, 1.807) is 4.31 Å². The monoisotopic (exact) mass is 317 g/mol. The molecule has 21 heavy (non-hydrogen) atoms. The maximum Gasteiger partial charge on any atom is 0.279 e. The van der Waals surface area contributed by atoms with Crippen molar-refractivity contribution >= 4 is 10.2 Å². The Balaban J connectivity index is 1.74. The molecule has 1 heterocycles. The van der Waals surface area contributed by atoms with E-state index in [1.807, 2.05) is 6.92 Å². The first-order valence-electron chi connectivity index (χ1n) is 8.37. The Morgan fingerprint density at radius 3 is 2.19 bits per heavy atom. The second-order valence-corrected chi connectivity index (χ2v) is 8.81. The Morgan fingerprint density at radius 2 is 1.67 bits per heavy atom. The van der Waals surface area contributed by atoms with E-state index in [0.29, 0.717) is 25.0 Å². The molecule has 1 aliphatic heterocycles. The first kappa shape index (κ1) is 17.2. The summed E-state index contributed by atoms with van der Waals surface area (Å²) in [6.07, 6.45) is 5.42. The number of rotatable bonds is 8. The van der Waals surface area contributed by atoms with Crippen LogP contribution in [0.1, 0.15) is 52.9 Å². The van der Waals surface area contributed by atoms with Crippen molar-refractivity contribution in [1.29, 1.82) is 0 Å². The molecular weight excluding hydrogens is 286 g/mol. The van der Waals surface area contributed by atoms with Gasteiger partial charge >= 0.3 is 0 Å². The second kappa shape index (κ2) is 7.40. The molecule has 0 aromatic rings. The van der Waals surface area contributed by atoms with Gasteiger partial charge in [-0.2, -0.15) is 17.4 Å². The Hall–Kier alpha value is -0.170. The zero-order chi connectivity index (χ0) is 15.5. The molecule has 124 valence electrons. The third-order valence-electron chi connectivity index (χ3n) is 4.46. The van der Waals surface area contributed by atoms with E-state index in [0.717, 1.165) is 31.7 Å². The van der Waals surface area contributed by atoms with Crippen LogP contribution in [0, 0.1) is 11.8 Å². The van der Waals surface area contributed by atoms with Gasteiger partial charge < -0.3 is 5.32 Å². The summed E-state index contributed by atoms with van der Waals surface area (Å²) in [5.74, 6) is 1.35. The zero-order valence-electron chi connectivity index (χ0n) is 13.6. The number of hydrogen-bond donors (Lipinski definition) is 2. The third kappa shape index (κ3) is 5.85. The van der Waals surface area contributed by atoms with E-state index >= 15 is 0 Å². The molecule has 1 saturated carbocycles. The summed E-state index contributed by atoms with van der Waals surface area (Å²) in [5.41, 5.74) is 0. The van der Waals surface area contributed by atoms with Crippen LogP contribution in [0.4, 0.5) is 0 Å². The molecule has 0 aromatic carbocycles. The van der Waals surface area contributed by atoms with Crippen molar-refractivity contribution in [3.8, 4) is 0 Å². The Labute approximate surface area is 130 Å². The topological polar surface area (TPSA) is 61.4 Å². The van der Waals surface area contributed by atoms with Crippen molar-refractivity contribution in [1.82, 2.24) is 14.3 Å². The van der Waals surface area contributed by atoms with Crippen LogP contribution in [-0.2, 0) is 10.2 Å². The standard InChI is InChI=1S/C15H31N3O2S/c1-12(2)16-11-15-6-8-18(9-7-15)21(19,20)17-13(3)10-14-4-5-14/h12-17H,4-11H2,1-3H3. The smallest absolute Gasteiger partial charge is 0.279 e. The van der Waals surface area contributed by atoms with Gasteiger partial charge in [0.05, 0.1) is 0 Å². The molecule has 0 radical (unpaired) electrons. The summed E-state index contributed by atoms with van der Waals surface area (Å²) in [4.78, 5) is 0. The average Bonchev–Trinajstić information content (AvgIpc) is 3.20. The van der Waals surface area contributed by atoms with E-state index < -0.39 is 10.2 Å². The number of piperidine rings is 1. The van der Waals surface area contributed by atoms with Gasteiger partial charge in [-0.05, 0) is 44.6 Å². The van der Waals surface area contributed by atoms with Crippen LogP contribution < -0.4 is 10.0 Å². The molecule has 6 heteroatoms. The largest absolute Gasteiger partial charge is 0.314 e. The zero-order valence-corrected chi connectivity index (χ0v) is 14.5. The highest BCUT2D eigenvalue weighted by Gasteiger charge is 2.30. The Kier molecular flexibility index (Phi) is 6.05. The molecule has 1 saturated heterocycles. The Morgan fingerprint density at radius 1 is 1.05 bits per heavy atom. The van der Waals surface area contributed by atoms with Crippen molar-refractivity contribution < 1.29 is 8.42 Å². The van der Waals surface area contributed by atoms with Gasteiger partial charge in [-0.15, -0.1) is 0 Å². The predicted octanol–water partition coefficient (Wildman–Crippen LogP) is 1.72. The molecule has 2 aliphatic rings. The molecule has 2 N–H and O–H groups in total. The average molecular weight is 317 g/mol. The molecule has 0 spiro atoms. The van der Waals surface area contributed by atoms with Crippen molar-refractivity contribution in [3.05, 3.63) is 0 Å². The quantitative estimate of drug-likeness (QED) is 0.716. The minimum absolute atomic E-state index is 0.0582. The van der Waals surface area contributed by atoms with Gasteiger partial charge in [0.1, 0.15) is 0 Å². The number of hydrogen-bond acceptors (Lipinski definition) is 3. The summed E-state index contributed by atoms with van der Waals surface area (Å²) in [7, 11) is -3.29. The first-order chi connectivity index (χ1) is 9.87. The van der Waals surface area contributed by atoms with Crippen LogP contribution in [0.2, 0.25) is 0 Å². The molecule has 1 atom stereocenters. The van der Waals surface area contributed by atoms with Gasteiger partial charge in [0.15, 0.2) is 0 Å². The maximum atomic E-state index is 12.4. The SMILES string of the molecule is CC(C)NCC1CCN(S(=O)(=O)NC(C)CC2CC2)CC1. The van der Waals surface area contributed by atoms with E-state index in [2.05, 4.69) is 23.9 Å². The normalized spacial score (nSPS) is 23.6. The van der Waals surface area contributed by atoms with Gasteiger partial charge in [0.25, 0.3) is 10.2 Å². The van der Waals surface area contributed by atoms with Gasteiger partial charge in [0.2, 0.25) is 0 Å². The van der Waals surface area contributed by atoms with E-state index in [-0.39, 0.29) is 6.04 Å². The van der Waals surface area contributed by atoms with Crippen LogP contribution >= 0.6 is 0 Å². The number of nitrogens with zero attached hydrogens (tertiary/aromatic N) is 1. The van der Waals surface area contributed by atoms with Crippen molar-refractivity contribution in [3.63, 3.8) is 0 Å². The highest BCUT2D eigenvalue weighted by atomic mass is 32.2. The molecule has 5 nitrogen and oxygen atoms in total. The van der Waals surface area contributed by atoms with Crippen LogP contribution in [0.25, 0.3) is 0 Å². The molecule has 0 amide bonds. The minimum Gasteiger partial charge on any atom is -0.314 e. The summed E-state index contributed by atoms with van der Waals surface area (Å²) >= 11 is 0. The molecule has 2 fully saturated rings. The second-order valence-electron chi connectivity index (χ2n) is 7.11. The van der Waals surface area contributed by atoms with Crippen molar-refractivity contribution in [2.45, 2.75) is 65.0 Å². The van der Waals surface area contributed by atoms with Gasteiger partial charge in [-0.25, -0.2) is 0 Å². The van der Waals surface area contributed by atoms with E-state index in [9.17, 15) is 8.42 Å². The van der Waals surface area contributed by atoms with E-state index in [1.165, 1.54) is 12.8 Å². The predicted molar refractivity (Wildman–Crippen MR) is 86.3 cm³/mol. The maximum absolute atomic E-state index is 12.4. The first-order valence-corrected chi connectivity index (χ1v) is 9.81. The summed E-state index contributed by atoms with van der Waals surface area (Å²) in [6.45, 7) is 8.56. The third-order valence-corrected chi connectivity index (χ3v) is 6.21. The van der Waals surface area contributed by atoms with Crippen molar-refractivity contribution in [2.24, 2.45) is 11.8 Å². The number of nitrogens with one attached hydrogen (secondary N) is 2. The molecule has 2 rings (SSSR count). The van der Waals surface area contributed by atoms with Gasteiger partial charge in [-0.1, -0.05) is 26.7 Å². The highest BCUT2D eigenvalue weighted by molar-refractivity contribution is 7.87. The lowest BCUT2D eigenvalue weighted by Crippen LogP contribution is -2.48. The lowest BCUT2D eigenvalue weighted by atomic mass is 9.98. The summed E-state index contributed by atoms with van der Waals surface area (Å²) in [5, 5.41) is 3.45. The molecule has 1 aliphatic carbocycles. The summed E-state index contributed by atoms with van der Waals surface area (Å²) in [6, 6.07) is 0.555. The van der Waals surface area contributed by atoms with Gasteiger partial charge in [0, 0.05) is 25.2 Å². The van der Waals surface area contributed by atoms with Crippen molar-refractivity contribution in [2.75, 3.05) is 19.6 Å².